The fourth-order valence-electron chi connectivity index (χ4n) is 2.50. The Balaban J connectivity index is 1.78. The summed E-state index contributed by atoms with van der Waals surface area (Å²) in [5, 5.41) is 0. The van der Waals surface area contributed by atoms with E-state index in [1.165, 1.54) is 19.3 Å². The van der Waals surface area contributed by atoms with Gasteiger partial charge in [-0.15, -0.1) is 0 Å². The van der Waals surface area contributed by atoms with Crippen LogP contribution in [0, 0.1) is 11.3 Å². The zero-order chi connectivity index (χ0) is 12.5. The Kier molecular flexibility index (Phi) is 3.55. The fraction of sp³-hybridized carbons (Fsp3) is 0.857. The van der Waals surface area contributed by atoms with E-state index in [4.69, 9.17) is 0 Å². The summed E-state index contributed by atoms with van der Waals surface area (Å²) in [6, 6.07) is 0. The number of piperidine rings is 1. The van der Waals surface area contributed by atoms with Gasteiger partial charge in [-0.25, -0.2) is 0 Å². The van der Waals surface area contributed by atoms with Crippen molar-refractivity contribution in [2.24, 2.45) is 11.3 Å². The molecule has 96 valence electrons. The van der Waals surface area contributed by atoms with Gasteiger partial charge in [0, 0.05) is 18.4 Å². The smallest absolute Gasteiger partial charge is 0.222 e. The Bertz CT molecular complexity index is 318. The highest BCUT2D eigenvalue weighted by Crippen LogP contribution is 2.31. The second kappa shape index (κ2) is 4.79. The first-order valence-electron chi connectivity index (χ1n) is 6.80. The van der Waals surface area contributed by atoms with Crippen LogP contribution in [0.15, 0.2) is 0 Å². The first-order valence-corrected chi connectivity index (χ1v) is 6.80. The quantitative estimate of drug-likeness (QED) is 0.756. The summed E-state index contributed by atoms with van der Waals surface area (Å²) in [4.78, 5) is 25.6. The number of nitrogens with zero attached hydrogens (tertiary/aromatic N) is 1. The van der Waals surface area contributed by atoms with Crippen molar-refractivity contribution in [3.63, 3.8) is 0 Å². The lowest BCUT2D eigenvalue weighted by Crippen LogP contribution is -2.47. The lowest BCUT2D eigenvalue weighted by Gasteiger charge is -2.36. The van der Waals surface area contributed by atoms with E-state index in [0.717, 1.165) is 25.3 Å². The molecule has 0 bridgehead atoms. The lowest BCUT2D eigenvalue weighted by molar-refractivity contribution is -0.143. The lowest BCUT2D eigenvalue weighted by atomic mass is 9.80. The second-order valence-corrected chi connectivity index (χ2v) is 6.21. The minimum atomic E-state index is -0.231. The molecule has 1 saturated carbocycles. The van der Waals surface area contributed by atoms with Crippen LogP contribution in [0.1, 0.15) is 52.4 Å². The molecule has 17 heavy (non-hydrogen) atoms. The summed E-state index contributed by atoms with van der Waals surface area (Å²) >= 11 is 0. The van der Waals surface area contributed by atoms with Crippen LogP contribution < -0.4 is 0 Å². The Morgan fingerprint density at radius 2 is 2.12 bits per heavy atom. The predicted octanol–water partition coefficient (Wildman–Crippen LogP) is 2.39. The summed E-state index contributed by atoms with van der Waals surface area (Å²) < 4.78 is 0. The Labute approximate surface area is 104 Å². The molecule has 0 spiro atoms. The van der Waals surface area contributed by atoms with Gasteiger partial charge in [0.2, 0.25) is 5.91 Å². The molecule has 2 rings (SSSR count). The number of likely N-dealkylation sites (tertiary alicyclic amines) is 1. The number of Topliss-reactive ketones (excluding diaryl/α,β-unsaturated/α-hetero) is 1. The highest BCUT2D eigenvalue weighted by Gasteiger charge is 2.35. The van der Waals surface area contributed by atoms with E-state index in [0.29, 0.717) is 13.0 Å². The maximum atomic E-state index is 12.0. The van der Waals surface area contributed by atoms with Crippen LogP contribution >= 0.6 is 0 Å². The zero-order valence-electron chi connectivity index (χ0n) is 11.0. The molecular formula is C14H23NO2. The van der Waals surface area contributed by atoms with Crippen LogP contribution in [-0.2, 0) is 9.59 Å². The van der Waals surface area contributed by atoms with Gasteiger partial charge in [-0.1, -0.05) is 33.1 Å². The van der Waals surface area contributed by atoms with Crippen LogP contribution in [0.3, 0.4) is 0 Å². The van der Waals surface area contributed by atoms with Gasteiger partial charge in [-0.2, -0.15) is 0 Å². The molecule has 0 unspecified atom stereocenters. The number of rotatable bonds is 3. The van der Waals surface area contributed by atoms with Crippen molar-refractivity contribution in [1.82, 2.24) is 4.90 Å². The largest absolute Gasteiger partial charge is 0.335 e. The molecule has 0 atom stereocenters. The van der Waals surface area contributed by atoms with Gasteiger partial charge in [0.25, 0.3) is 0 Å². The molecule has 0 aromatic rings. The Morgan fingerprint density at radius 3 is 2.65 bits per heavy atom. The van der Waals surface area contributed by atoms with E-state index in [1.54, 1.807) is 4.90 Å². The topological polar surface area (TPSA) is 37.4 Å². The van der Waals surface area contributed by atoms with Gasteiger partial charge < -0.3 is 4.90 Å². The third-order valence-electron chi connectivity index (χ3n) is 4.44. The zero-order valence-corrected chi connectivity index (χ0v) is 11.0. The van der Waals surface area contributed by atoms with E-state index in [1.807, 2.05) is 13.8 Å². The number of amides is 1. The van der Waals surface area contributed by atoms with Gasteiger partial charge in [0.15, 0.2) is 5.78 Å². The van der Waals surface area contributed by atoms with E-state index in [9.17, 15) is 9.59 Å². The van der Waals surface area contributed by atoms with E-state index >= 15 is 0 Å². The summed E-state index contributed by atoms with van der Waals surface area (Å²) in [7, 11) is 0. The van der Waals surface area contributed by atoms with Crippen molar-refractivity contribution in [2.75, 3.05) is 13.1 Å². The highest BCUT2D eigenvalue weighted by atomic mass is 16.2. The molecule has 1 amide bonds. The molecule has 1 aliphatic carbocycles. The standard InChI is InChI=1S/C14H23NO2/c1-14(2)8-9-15(10-12(14)16)13(17)7-6-11-4-3-5-11/h11H,3-10H2,1-2H3. The number of hydrogen-bond acceptors (Lipinski definition) is 2. The predicted molar refractivity (Wildman–Crippen MR) is 66.6 cm³/mol. The average molecular weight is 237 g/mol. The third-order valence-corrected chi connectivity index (χ3v) is 4.44. The van der Waals surface area contributed by atoms with Crippen LogP contribution in [0.25, 0.3) is 0 Å². The minimum Gasteiger partial charge on any atom is -0.335 e. The van der Waals surface area contributed by atoms with Crippen molar-refractivity contribution in [3.05, 3.63) is 0 Å². The molecule has 1 saturated heterocycles. The molecule has 2 fully saturated rings. The van der Waals surface area contributed by atoms with Crippen LogP contribution in [0.4, 0.5) is 0 Å². The molecule has 1 heterocycles. The maximum Gasteiger partial charge on any atom is 0.222 e. The van der Waals surface area contributed by atoms with Gasteiger partial charge in [-0.05, 0) is 18.8 Å². The molecule has 3 nitrogen and oxygen atoms in total. The second-order valence-electron chi connectivity index (χ2n) is 6.21. The van der Waals surface area contributed by atoms with Crippen LogP contribution in [0.5, 0.6) is 0 Å². The van der Waals surface area contributed by atoms with Crippen LogP contribution in [-0.4, -0.2) is 29.7 Å². The molecule has 1 aliphatic heterocycles. The molecule has 0 N–H and O–H groups in total. The SMILES string of the molecule is CC1(C)CCN(C(=O)CCC2CCC2)CC1=O. The molecule has 3 heteroatoms. The van der Waals surface area contributed by atoms with E-state index < -0.39 is 0 Å². The monoisotopic (exact) mass is 237 g/mol. The third kappa shape index (κ3) is 2.88. The van der Waals surface area contributed by atoms with Gasteiger partial charge in [0.05, 0.1) is 6.54 Å². The summed E-state index contributed by atoms with van der Waals surface area (Å²) in [5.41, 5.74) is -0.231. The minimum absolute atomic E-state index is 0.181. The number of carbonyl (C=O) groups is 2. The maximum absolute atomic E-state index is 12.0. The average Bonchev–Trinajstić information content (AvgIpc) is 2.19. The number of hydrogen-bond donors (Lipinski definition) is 0. The van der Waals surface area contributed by atoms with Crippen molar-refractivity contribution in [1.29, 1.82) is 0 Å². The fourth-order valence-corrected chi connectivity index (χ4v) is 2.50. The summed E-state index contributed by atoms with van der Waals surface area (Å²) in [6.07, 6.45) is 6.38. The van der Waals surface area contributed by atoms with Crippen molar-refractivity contribution in [3.8, 4) is 0 Å². The van der Waals surface area contributed by atoms with Crippen LogP contribution in [0.2, 0.25) is 0 Å². The summed E-state index contributed by atoms with van der Waals surface area (Å²) in [5.74, 6) is 1.16. The molecule has 0 aromatic heterocycles. The molecule has 2 aliphatic rings. The Hall–Kier alpha value is -0.860. The van der Waals surface area contributed by atoms with Crippen molar-refractivity contribution >= 4 is 11.7 Å². The van der Waals surface area contributed by atoms with Gasteiger partial charge >= 0.3 is 0 Å². The first-order chi connectivity index (χ1) is 7.99. The highest BCUT2D eigenvalue weighted by molar-refractivity contribution is 5.90. The number of ketones is 1. The molecular weight excluding hydrogens is 214 g/mol. The molecule has 0 radical (unpaired) electrons. The van der Waals surface area contributed by atoms with Crippen molar-refractivity contribution in [2.45, 2.75) is 52.4 Å². The number of carbonyl (C=O) groups excluding carboxylic acids is 2. The Morgan fingerprint density at radius 1 is 1.41 bits per heavy atom. The van der Waals surface area contributed by atoms with Crippen molar-refractivity contribution < 1.29 is 9.59 Å². The summed E-state index contributed by atoms with van der Waals surface area (Å²) in [6.45, 7) is 5.04. The van der Waals surface area contributed by atoms with E-state index in [2.05, 4.69) is 0 Å². The first kappa shape index (κ1) is 12.6. The van der Waals surface area contributed by atoms with E-state index in [-0.39, 0.29) is 17.1 Å². The van der Waals surface area contributed by atoms with Gasteiger partial charge in [-0.3, -0.25) is 9.59 Å². The normalized spacial score (nSPS) is 24.6. The van der Waals surface area contributed by atoms with Gasteiger partial charge in [0.1, 0.15) is 0 Å². The molecule has 0 aromatic carbocycles.